The summed E-state index contributed by atoms with van der Waals surface area (Å²) < 4.78 is 5.39. The maximum atomic E-state index is 11.5. The molecule has 0 aromatic heterocycles. The topological polar surface area (TPSA) is 70.6 Å². The molecule has 5 nitrogen and oxygen atoms in total. The molecule has 0 atom stereocenters. The van der Waals surface area contributed by atoms with E-state index in [1.807, 2.05) is 19.1 Å². The van der Waals surface area contributed by atoms with Gasteiger partial charge in [-0.3, -0.25) is 4.79 Å². The molecule has 3 N–H and O–H groups in total. The molecule has 0 heterocycles. The molecule has 1 amide bonds. The molecule has 0 aliphatic carbocycles. The van der Waals surface area contributed by atoms with Crippen LogP contribution in [-0.4, -0.2) is 37.3 Å². The molecule has 0 radical (unpaired) electrons. The van der Waals surface area contributed by atoms with Gasteiger partial charge < -0.3 is 20.5 Å². The molecule has 0 aliphatic rings. The molecule has 0 unspecified atom stereocenters. The van der Waals surface area contributed by atoms with Crippen molar-refractivity contribution in [1.82, 2.24) is 5.32 Å². The number of para-hydroxylation sites is 2. The van der Waals surface area contributed by atoms with Crippen molar-refractivity contribution in [3.05, 3.63) is 24.3 Å². The molecule has 5 heteroatoms. The first-order chi connectivity index (χ1) is 8.27. The summed E-state index contributed by atoms with van der Waals surface area (Å²) in [5, 5.41) is 14.1. The van der Waals surface area contributed by atoms with Crippen LogP contribution in [0, 0.1) is 0 Å². The van der Waals surface area contributed by atoms with Crippen LogP contribution < -0.4 is 15.4 Å². The Labute approximate surface area is 101 Å². The van der Waals surface area contributed by atoms with E-state index in [2.05, 4.69) is 10.6 Å². The van der Waals surface area contributed by atoms with Crippen molar-refractivity contribution >= 4 is 11.6 Å². The van der Waals surface area contributed by atoms with Gasteiger partial charge in [-0.15, -0.1) is 0 Å². The molecular weight excluding hydrogens is 220 g/mol. The third-order valence-electron chi connectivity index (χ3n) is 2.04. The molecule has 0 bridgehead atoms. The zero-order chi connectivity index (χ0) is 12.5. The van der Waals surface area contributed by atoms with Crippen LogP contribution in [0.5, 0.6) is 5.75 Å². The van der Waals surface area contributed by atoms with Crippen LogP contribution in [0.15, 0.2) is 24.3 Å². The Hall–Kier alpha value is -1.59. The SMILES string of the molecule is CCOc1ccccc1NC(=O)CNCCO. The predicted molar refractivity (Wildman–Crippen MR) is 66.2 cm³/mol. The number of amides is 1. The molecule has 0 saturated carbocycles. The second-order valence-corrected chi connectivity index (χ2v) is 3.38. The number of anilines is 1. The van der Waals surface area contributed by atoms with E-state index >= 15 is 0 Å². The van der Waals surface area contributed by atoms with Crippen LogP contribution >= 0.6 is 0 Å². The van der Waals surface area contributed by atoms with Crippen LogP contribution in [0.25, 0.3) is 0 Å². The van der Waals surface area contributed by atoms with Crippen LogP contribution in [-0.2, 0) is 4.79 Å². The van der Waals surface area contributed by atoms with E-state index in [4.69, 9.17) is 9.84 Å². The summed E-state index contributed by atoms with van der Waals surface area (Å²) in [4.78, 5) is 11.5. The lowest BCUT2D eigenvalue weighted by molar-refractivity contribution is -0.115. The molecule has 0 spiro atoms. The largest absolute Gasteiger partial charge is 0.492 e. The van der Waals surface area contributed by atoms with E-state index < -0.39 is 0 Å². The summed E-state index contributed by atoms with van der Waals surface area (Å²) >= 11 is 0. The minimum atomic E-state index is -0.161. The van der Waals surface area contributed by atoms with Crippen LogP contribution in [0.3, 0.4) is 0 Å². The van der Waals surface area contributed by atoms with Gasteiger partial charge in [0, 0.05) is 6.54 Å². The van der Waals surface area contributed by atoms with E-state index in [1.54, 1.807) is 12.1 Å². The first-order valence-electron chi connectivity index (χ1n) is 5.61. The summed E-state index contributed by atoms with van der Waals surface area (Å²) in [5.74, 6) is 0.496. The highest BCUT2D eigenvalue weighted by Crippen LogP contribution is 2.23. The zero-order valence-electron chi connectivity index (χ0n) is 9.90. The summed E-state index contributed by atoms with van der Waals surface area (Å²) in [6.45, 7) is 3.03. The summed E-state index contributed by atoms with van der Waals surface area (Å²) in [5.41, 5.74) is 0.658. The normalized spacial score (nSPS) is 10.0. The van der Waals surface area contributed by atoms with Crippen LogP contribution in [0.1, 0.15) is 6.92 Å². The number of rotatable bonds is 7. The van der Waals surface area contributed by atoms with Gasteiger partial charge in [0.1, 0.15) is 5.75 Å². The van der Waals surface area contributed by atoms with Gasteiger partial charge in [0.2, 0.25) is 5.91 Å². The minimum absolute atomic E-state index is 0.0167. The Morgan fingerprint density at radius 1 is 1.41 bits per heavy atom. The van der Waals surface area contributed by atoms with Gasteiger partial charge in [-0.1, -0.05) is 12.1 Å². The standard InChI is InChI=1S/C12H18N2O3/c1-2-17-11-6-4-3-5-10(11)14-12(16)9-13-7-8-15/h3-6,13,15H,2,7-9H2,1H3,(H,14,16). The highest BCUT2D eigenvalue weighted by Gasteiger charge is 2.06. The number of ether oxygens (including phenoxy) is 1. The fourth-order valence-electron chi connectivity index (χ4n) is 1.33. The third-order valence-corrected chi connectivity index (χ3v) is 2.04. The molecule has 94 valence electrons. The molecule has 1 rings (SSSR count). The second kappa shape index (κ2) is 7.65. The monoisotopic (exact) mass is 238 g/mol. The second-order valence-electron chi connectivity index (χ2n) is 3.38. The molecule has 1 aromatic rings. The van der Waals surface area contributed by atoms with Gasteiger partial charge in [0.15, 0.2) is 0 Å². The Bertz CT molecular complexity index is 355. The van der Waals surface area contributed by atoms with Crippen molar-refractivity contribution in [1.29, 1.82) is 0 Å². The first kappa shape index (κ1) is 13.5. The van der Waals surface area contributed by atoms with E-state index in [-0.39, 0.29) is 19.1 Å². The molecular formula is C12H18N2O3. The van der Waals surface area contributed by atoms with Gasteiger partial charge in [0.05, 0.1) is 25.4 Å². The Kier molecular flexibility index (Phi) is 6.06. The van der Waals surface area contributed by atoms with E-state index in [0.717, 1.165) is 0 Å². The van der Waals surface area contributed by atoms with E-state index in [1.165, 1.54) is 0 Å². The number of hydrogen-bond donors (Lipinski definition) is 3. The van der Waals surface area contributed by atoms with Crippen molar-refractivity contribution in [2.75, 3.05) is 31.6 Å². The summed E-state index contributed by atoms with van der Waals surface area (Å²) in [6.07, 6.45) is 0. The van der Waals surface area contributed by atoms with Crippen molar-refractivity contribution in [2.45, 2.75) is 6.92 Å². The molecule has 0 fully saturated rings. The lowest BCUT2D eigenvalue weighted by Crippen LogP contribution is -2.30. The third kappa shape index (κ3) is 4.84. The van der Waals surface area contributed by atoms with Crippen molar-refractivity contribution in [3.63, 3.8) is 0 Å². The first-order valence-corrected chi connectivity index (χ1v) is 5.61. The highest BCUT2D eigenvalue weighted by molar-refractivity contribution is 5.93. The predicted octanol–water partition coefficient (Wildman–Crippen LogP) is 0.606. The molecule has 0 saturated heterocycles. The molecule has 17 heavy (non-hydrogen) atoms. The van der Waals surface area contributed by atoms with Crippen molar-refractivity contribution in [3.8, 4) is 5.75 Å². The Morgan fingerprint density at radius 2 is 2.18 bits per heavy atom. The van der Waals surface area contributed by atoms with Gasteiger partial charge in [-0.25, -0.2) is 0 Å². The van der Waals surface area contributed by atoms with E-state index in [9.17, 15) is 4.79 Å². The van der Waals surface area contributed by atoms with Crippen LogP contribution in [0.4, 0.5) is 5.69 Å². The van der Waals surface area contributed by atoms with Crippen LogP contribution in [0.2, 0.25) is 0 Å². The summed E-state index contributed by atoms with van der Waals surface area (Å²) in [7, 11) is 0. The smallest absolute Gasteiger partial charge is 0.238 e. The lowest BCUT2D eigenvalue weighted by Gasteiger charge is -2.11. The zero-order valence-corrected chi connectivity index (χ0v) is 9.90. The average Bonchev–Trinajstić information content (AvgIpc) is 2.32. The van der Waals surface area contributed by atoms with Gasteiger partial charge in [-0.2, -0.15) is 0 Å². The number of carbonyl (C=O) groups is 1. The number of hydrogen-bond acceptors (Lipinski definition) is 4. The van der Waals surface area contributed by atoms with E-state index in [0.29, 0.717) is 24.6 Å². The molecule has 0 aliphatic heterocycles. The van der Waals surface area contributed by atoms with Crippen molar-refractivity contribution < 1.29 is 14.6 Å². The number of carbonyl (C=O) groups excluding carboxylic acids is 1. The van der Waals surface area contributed by atoms with Gasteiger partial charge in [-0.05, 0) is 19.1 Å². The maximum Gasteiger partial charge on any atom is 0.238 e. The number of benzene rings is 1. The Balaban J connectivity index is 2.52. The number of nitrogens with one attached hydrogen (secondary N) is 2. The lowest BCUT2D eigenvalue weighted by atomic mass is 10.3. The number of aliphatic hydroxyl groups excluding tert-OH is 1. The fourth-order valence-corrected chi connectivity index (χ4v) is 1.33. The van der Waals surface area contributed by atoms with Gasteiger partial charge in [0.25, 0.3) is 0 Å². The molecule has 1 aromatic carbocycles. The summed E-state index contributed by atoms with van der Waals surface area (Å²) in [6, 6.07) is 7.28. The van der Waals surface area contributed by atoms with Gasteiger partial charge >= 0.3 is 0 Å². The quantitative estimate of drug-likeness (QED) is 0.609. The highest BCUT2D eigenvalue weighted by atomic mass is 16.5. The minimum Gasteiger partial charge on any atom is -0.492 e. The Morgan fingerprint density at radius 3 is 2.88 bits per heavy atom. The van der Waals surface area contributed by atoms with Crippen molar-refractivity contribution in [2.24, 2.45) is 0 Å². The maximum absolute atomic E-state index is 11.5. The number of aliphatic hydroxyl groups is 1. The fraction of sp³-hybridized carbons (Fsp3) is 0.417. The average molecular weight is 238 g/mol.